The van der Waals surface area contributed by atoms with Gasteiger partial charge in [-0.1, -0.05) is 29.5 Å². The summed E-state index contributed by atoms with van der Waals surface area (Å²) in [5, 5.41) is 11.1. The molecule has 1 aromatic carbocycles. The molecule has 1 N–H and O–H groups in total. The van der Waals surface area contributed by atoms with E-state index in [1.165, 1.54) is 17.3 Å². The monoisotopic (exact) mass is 321 g/mol. The number of carbonyl (C=O) groups excluding carboxylic acids is 1. The normalized spacial score (nSPS) is 12.1. The first kappa shape index (κ1) is 16.5. The molecule has 2 aromatic rings. The van der Waals surface area contributed by atoms with E-state index >= 15 is 0 Å². The van der Waals surface area contributed by atoms with Gasteiger partial charge in [-0.2, -0.15) is 0 Å². The highest BCUT2D eigenvalue weighted by Crippen LogP contribution is 2.23. The molecule has 7 heteroatoms. The lowest BCUT2D eigenvalue weighted by atomic mass is 10.1. The van der Waals surface area contributed by atoms with Gasteiger partial charge in [-0.3, -0.25) is 4.79 Å². The molecule has 1 atom stereocenters. The molecule has 0 fully saturated rings. The molecular formula is C15H19N3O3S. The Morgan fingerprint density at radius 1 is 1.36 bits per heavy atom. The van der Waals surface area contributed by atoms with Crippen molar-refractivity contribution in [2.75, 3.05) is 19.5 Å². The first-order valence-corrected chi connectivity index (χ1v) is 7.88. The molecule has 0 bridgehead atoms. The number of hydrogen-bond acceptors (Lipinski definition) is 6. The molecule has 0 unspecified atom stereocenters. The fourth-order valence-electron chi connectivity index (χ4n) is 1.82. The molecule has 0 aliphatic rings. The molecule has 0 aliphatic heterocycles. The largest absolute Gasteiger partial charge is 0.411 e. The first-order chi connectivity index (χ1) is 10.6. The van der Waals surface area contributed by atoms with Gasteiger partial charge < -0.3 is 14.5 Å². The molecule has 0 radical (unpaired) electrons. The zero-order chi connectivity index (χ0) is 15.9. The number of carbonyl (C=O) groups is 1. The van der Waals surface area contributed by atoms with Gasteiger partial charge in [0.1, 0.15) is 0 Å². The van der Waals surface area contributed by atoms with Crippen molar-refractivity contribution in [3.63, 3.8) is 0 Å². The average molecular weight is 321 g/mol. The third kappa shape index (κ3) is 4.85. The zero-order valence-corrected chi connectivity index (χ0v) is 13.6. The second-order valence-corrected chi connectivity index (χ2v) is 5.88. The van der Waals surface area contributed by atoms with Crippen molar-refractivity contribution in [1.29, 1.82) is 0 Å². The van der Waals surface area contributed by atoms with Crippen molar-refractivity contribution in [2.24, 2.45) is 0 Å². The van der Waals surface area contributed by atoms with E-state index in [0.717, 1.165) is 5.56 Å². The van der Waals surface area contributed by atoms with Crippen molar-refractivity contribution in [2.45, 2.75) is 25.1 Å². The maximum absolute atomic E-state index is 11.7. The van der Waals surface area contributed by atoms with Gasteiger partial charge >= 0.3 is 0 Å². The minimum atomic E-state index is -0.0929. The number of amides is 1. The maximum atomic E-state index is 11.7. The quantitative estimate of drug-likeness (QED) is 0.788. The number of aromatic nitrogens is 2. The topological polar surface area (TPSA) is 77.2 Å². The van der Waals surface area contributed by atoms with Crippen LogP contribution in [0.3, 0.4) is 0 Å². The van der Waals surface area contributed by atoms with Crippen LogP contribution >= 0.6 is 11.8 Å². The van der Waals surface area contributed by atoms with E-state index < -0.39 is 0 Å². The van der Waals surface area contributed by atoms with Crippen molar-refractivity contribution >= 4 is 17.7 Å². The fourth-order valence-corrected chi connectivity index (χ4v) is 2.39. The zero-order valence-electron chi connectivity index (χ0n) is 12.8. The maximum Gasteiger partial charge on any atom is 0.277 e. The molecule has 118 valence electrons. The Balaban J connectivity index is 1.87. The SMILES string of the molecule is COC[C@@H](C)NC(=O)CSc1nnc(-c2ccc(C)cc2)o1. The van der Waals surface area contributed by atoms with E-state index in [2.05, 4.69) is 15.5 Å². The second kappa shape index (κ2) is 7.95. The summed E-state index contributed by atoms with van der Waals surface area (Å²) in [5.41, 5.74) is 2.03. The average Bonchev–Trinajstić information content (AvgIpc) is 2.95. The van der Waals surface area contributed by atoms with Gasteiger partial charge in [-0.25, -0.2) is 0 Å². The van der Waals surface area contributed by atoms with Crippen molar-refractivity contribution < 1.29 is 13.9 Å². The van der Waals surface area contributed by atoms with Crippen LogP contribution in [-0.2, 0) is 9.53 Å². The number of benzene rings is 1. The van der Waals surface area contributed by atoms with Crippen LogP contribution in [0.4, 0.5) is 0 Å². The summed E-state index contributed by atoms with van der Waals surface area (Å²) in [7, 11) is 1.60. The number of ether oxygens (including phenoxy) is 1. The van der Waals surface area contributed by atoms with Gasteiger partial charge in [0.15, 0.2) is 0 Å². The standard InChI is InChI=1S/C15H19N3O3S/c1-10-4-6-12(7-5-10)14-17-18-15(21-14)22-9-13(19)16-11(2)8-20-3/h4-7,11H,8-9H2,1-3H3,(H,16,19)/t11-/m1/s1. The Kier molecular flexibility index (Phi) is 5.97. The summed E-state index contributed by atoms with van der Waals surface area (Å²) in [6, 6.07) is 7.80. The van der Waals surface area contributed by atoms with Crippen LogP contribution in [0.25, 0.3) is 11.5 Å². The summed E-state index contributed by atoms with van der Waals surface area (Å²) < 4.78 is 10.5. The lowest BCUT2D eigenvalue weighted by molar-refractivity contribution is -0.119. The van der Waals surface area contributed by atoms with E-state index in [9.17, 15) is 4.79 Å². The van der Waals surface area contributed by atoms with Crippen LogP contribution in [0.1, 0.15) is 12.5 Å². The van der Waals surface area contributed by atoms with Gasteiger partial charge in [-0.15, -0.1) is 10.2 Å². The minimum Gasteiger partial charge on any atom is -0.411 e. The number of aryl methyl sites for hydroxylation is 1. The van der Waals surface area contributed by atoms with Crippen LogP contribution in [0, 0.1) is 6.92 Å². The molecule has 2 rings (SSSR count). The van der Waals surface area contributed by atoms with E-state index in [4.69, 9.17) is 9.15 Å². The number of nitrogens with one attached hydrogen (secondary N) is 1. The van der Waals surface area contributed by atoms with Crippen LogP contribution < -0.4 is 5.32 Å². The Morgan fingerprint density at radius 2 is 2.09 bits per heavy atom. The van der Waals surface area contributed by atoms with E-state index in [1.54, 1.807) is 7.11 Å². The third-order valence-corrected chi connectivity index (χ3v) is 3.67. The minimum absolute atomic E-state index is 0.0242. The van der Waals surface area contributed by atoms with E-state index in [-0.39, 0.29) is 17.7 Å². The molecule has 0 spiro atoms. The highest BCUT2D eigenvalue weighted by atomic mass is 32.2. The first-order valence-electron chi connectivity index (χ1n) is 6.90. The van der Waals surface area contributed by atoms with E-state index in [1.807, 2.05) is 38.1 Å². The highest BCUT2D eigenvalue weighted by molar-refractivity contribution is 7.99. The number of thioether (sulfide) groups is 1. The highest BCUT2D eigenvalue weighted by Gasteiger charge is 2.12. The van der Waals surface area contributed by atoms with Gasteiger partial charge in [0.25, 0.3) is 5.22 Å². The molecule has 1 amide bonds. The summed E-state index contributed by atoms with van der Waals surface area (Å²) in [5.74, 6) is 0.587. The molecule has 0 aliphatic carbocycles. The van der Waals surface area contributed by atoms with Crippen molar-refractivity contribution in [1.82, 2.24) is 15.5 Å². The number of methoxy groups -OCH3 is 1. The Labute approximate surface area is 133 Å². The summed E-state index contributed by atoms with van der Waals surface area (Å²) in [6.45, 7) is 4.38. The number of nitrogens with zero attached hydrogens (tertiary/aromatic N) is 2. The predicted molar refractivity (Wildman–Crippen MR) is 84.7 cm³/mol. The second-order valence-electron chi connectivity index (χ2n) is 4.95. The Morgan fingerprint density at radius 3 is 2.77 bits per heavy atom. The van der Waals surface area contributed by atoms with Crippen LogP contribution in [0.5, 0.6) is 0 Å². The number of rotatable bonds is 7. The molecule has 0 saturated heterocycles. The van der Waals surface area contributed by atoms with Gasteiger partial charge in [0.05, 0.1) is 12.4 Å². The van der Waals surface area contributed by atoms with Crippen LogP contribution in [0.15, 0.2) is 33.9 Å². The Hall–Kier alpha value is -1.86. The Bertz CT molecular complexity index is 613. The smallest absolute Gasteiger partial charge is 0.277 e. The molecule has 1 heterocycles. The van der Waals surface area contributed by atoms with E-state index in [0.29, 0.717) is 17.7 Å². The van der Waals surface area contributed by atoms with Crippen LogP contribution in [0.2, 0.25) is 0 Å². The summed E-state index contributed by atoms with van der Waals surface area (Å²) >= 11 is 1.21. The summed E-state index contributed by atoms with van der Waals surface area (Å²) in [4.78, 5) is 11.7. The molecule has 6 nitrogen and oxygen atoms in total. The van der Waals surface area contributed by atoms with Gasteiger partial charge in [0.2, 0.25) is 11.8 Å². The molecular weight excluding hydrogens is 302 g/mol. The third-order valence-electron chi connectivity index (χ3n) is 2.86. The lowest BCUT2D eigenvalue weighted by Crippen LogP contribution is -2.36. The fraction of sp³-hybridized carbons (Fsp3) is 0.400. The predicted octanol–water partition coefficient (Wildman–Crippen LogP) is 2.29. The molecule has 22 heavy (non-hydrogen) atoms. The number of hydrogen-bond donors (Lipinski definition) is 1. The van der Waals surface area contributed by atoms with Gasteiger partial charge in [0, 0.05) is 18.7 Å². The molecule has 1 aromatic heterocycles. The van der Waals surface area contributed by atoms with Crippen molar-refractivity contribution in [3.8, 4) is 11.5 Å². The van der Waals surface area contributed by atoms with Gasteiger partial charge in [-0.05, 0) is 26.0 Å². The summed E-state index contributed by atoms with van der Waals surface area (Å²) in [6.07, 6.45) is 0. The lowest BCUT2D eigenvalue weighted by Gasteiger charge is -2.11. The molecule has 0 saturated carbocycles. The van der Waals surface area contributed by atoms with Crippen molar-refractivity contribution in [3.05, 3.63) is 29.8 Å². The van der Waals surface area contributed by atoms with Crippen LogP contribution in [-0.4, -0.2) is 41.6 Å².